The van der Waals surface area contributed by atoms with Crippen molar-refractivity contribution in [2.24, 2.45) is 11.3 Å². The van der Waals surface area contributed by atoms with Crippen molar-refractivity contribution in [2.45, 2.75) is 78.4 Å². The zero-order valence-corrected chi connectivity index (χ0v) is 14.8. The van der Waals surface area contributed by atoms with Crippen LogP contribution >= 0.6 is 0 Å². The maximum absolute atomic E-state index is 12.3. The van der Waals surface area contributed by atoms with Crippen LogP contribution < -0.4 is 0 Å². The van der Waals surface area contributed by atoms with E-state index in [1.165, 1.54) is 18.4 Å². The smallest absolute Gasteiger partial charge is 0.410 e. The highest BCUT2D eigenvalue weighted by molar-refractivity contribution is 5.80. The Morgan fingerprint density at radius 1 is 1.09 bits per heavy atom. The van der Waals surface area contributed by atoms with Gasteiger partial charge in [-0.1, -0.05) is 33.1 Å². The van der Waals surface area contributed by atoms with E-state index in [0.717, 1.165) is 25.7 Å². The van der Waals surface area contributed by atoms with E-state index < -0.39 is 29.1 Å². The van der Waals surface area contributed by atoms with Gasteiger partial charge in [-0.2, -0.15) is 0 Å². The lowest BCUT2D eigenvalue weighted by Crippen LogP contribution is -2.54. The van der Waals surface area contributed by atoms with Crippen molar-refractivity contribution in [3.8, 4) is 0 Å². The summed E-state index contributed by atoms with van der Waals surface area (Å²) >= 11 is 0. The average molecular weight is 313 g/mol. The zero-order valence-electron chi connectivity index (χ0n) is 14.8. The highest BCUT2D eigenvalue weighted by Gasteiger charge is 2.46. The van der Waals surface area contributed by atoms with Crippen LogP contribution in [-0.4, -0.2) is 40.8 Å². The molecule has 0 aromatic heterocycles. The maximum Gasteiger partial charge on any atom is 0.410 e. The summed E-state index contributed by atoms with van der Waals surface area (Å²) in [7, 11) is 1.53. The van der Waals surface area contributed by atoms with Gasteiger partial charge in [0.15, 0.2) is 0 Å². The summed E-state index contributed by atoms with van der Waals surface area (Å²) in [6, 6.07) is -0.884. The number of aliphatic carboxylic acids is 1. The summed E-state index contributed by atoms with van der Waals surface area (Å²) in [5.74, 6) is -0.656. The summed E-state index contributed by atoms with van der Waals surface area (Å²) in [6.07, 6.45) is 4.96. The molecule has 0 bridgehead atoms. The van der Waals surface area contributed by atoms with Gasteiger partial charge in [-0.25, -0.2) is 9.59 Å². The lowest BCUT2D eigenvalue weighted by atomic mass is 9.66. The first-order valence-corrected chi connectivity index (χ1v) is 8.15. The molecule has 22 heavy (non-hydrogen) atoms. The molecule has 0 heterocycles. The van der Waals surface area contributed by atoms with E-state index in [9.17, 15) is 14.7 Å². The molecule has 1 aliphatic rings. The second kappa shape index (κ2) is 6.88. The summed E-state index contributed by atoms with van der Waals surface area (Å²) in [4.78, 5) is 25.4. The molecule has 0 radical (unpaired) electrons. The Morgan fingerprint density at radius 2 is 1.59 bits per heavy atom. The van der Waals surface area contributed by atoms with Crippen LogP contribution in [-0.2, 0) is 9.53 Å². The molecular weight excluding hydrogens is 282 g/mol. The molecule has 128 valence electrons. The number of carboxylic acid groups (broad SMARTS) is 1. The molecule has 1 amide bonds. The number of carbonyl (C=O) groups excluding carboxylic acids is 1. The van der Waals surface area contributed by atoms with Crippen molar-refractivity contribution < 1.29 is 19.4 Å². The molecule has 1 atom stereocenters. The van der Waals surface area contributed by atoms with Gasteiger partial charge < -0.3 is 9.84 Å². The molecule has 0 aromatic carbocycles. The van der Waals surface area contributed by atoms with Crippen LogP contribution in [0.2, 0.25) is 0 Å². The number of hydrogen-bond acceptors (Lipinski definition) is 3. The number of ether oxygens (including phenoxy) is 1. The molecule has 0 aliphatic heterocycles. The molecule has 1 aliphatic carbocycles. The van der Waals surface area contributed by atoms with Crippen LogP contribution in [0.25, 0.3) is 0 Å². The largest absolute Gasteiger partial charge is 0.480 e. The predicted molar refractivity (Wildman–Crippen MR) is 85.8 cm³/mol. The Labute approximate surface area is 134 Å². The second-order valence-corrected chi connectivity index (χ2v) is 7.99. The number of nitrogens with zero attached hydrogens (tertiary/aromatic N) is 1. The van der Waals surface area contributed by atoms with Crippen LogP contribution in [0.3, 0.4) is 0 Å². The van der Waals surface area contributed by atoms with Crippen LogP contribution in [0.1, 0.15) is 66.7 Å². The Bertz CT molecular complexity index is 405. The van der Waals surface area contributed by atoms with Gasteiger partial charge in [0, 0.05) is 7.05 Å². The first kappa shape index (κ1) is 18.8. The Kier molecular flexibility index (Phi) is 5.88. The van der Waals surface area contributed by atoms with E-state index in [1.54, 1.807) is 20.8 Å². The molecule has 1 fully saturated rings. The summed E-state index contributed by atoms with van der Waals surface area (Å²) in [5.41, 5.74) is -1.12. The molecule has 1 unspecified atom stereocenters. The van der Waals surface area contributed by atoms with E-state index in [1.807, 2.05) is 13.8 Å². The highest BCUT2D eigenvalue weighted by atomic mass is 16.6. The minimum Gasteiger partial charge on any atom is -0.480 e. The van der Waals surface area contributed by atoms with Gasteiger partial charge in [0.2, 0.25) is 0 Å². The number of carbonyl (C=O) groups is 2. The molecule has 0 saturated heterocycles. The quantitative estimate of drug-likeness (QED) is 0.854. The third kappa shape index (κ3) is 4.62. The minimum atomic E-state index is -0.969. The Morgan fingerprint density at radius 3 is 2.00 bits per heavy atom. The van der Waals surface area contributed by atoms with Gasteiger partial charge in [0.25, 0.3) is 0 Å². The molecule has 0 spiro atoms. The average Bonchev–Trinajstić information content (AvgIpc) is 2.37. The van der Waals surface area contributed by atoms with E-state index >= 15 is 0 Å². The zero-order chi connectivity index (χ0) is 17.1. The van der Waals surface area contributed by atoms with E-state index in [2.05, 4.69) is 0 Å². The van der Waals surface area contributed by atoms with Crippen molar-refractivity contribution in [2.75, 3.05) is 7.05 Å². The standard InChI is InChI=1S/C17H31NO4/c1-16(2,3)22-15(21)18(6)13(14(19)20)17(4,5)12-10-8-7-9-11-12/h12-13H,7-11H2,1-6H3,(H,19,20). The minimum absolute atomic E-state index is 0.312. The van der Waals surface area contributed by atoms with Gasteiger partial charge in [-0.05, 0) is 44.9 Å². The van der Waals surface area contributed by atoms with Crippen LogP contribution in [0, 0.1) is 11.3 Å². The second-order valence-electron chi connectivity index (χ2n) is 7.99. The molecular formula is C17H31NO4. The molecule has 1 N–H and O–H groups in total. The molecule has 5 heteroatoms. The van der Waals surface area contributed by atoms with E-state index in [4.69, 9.17) is 4.74 Å². The van der Waals surface area contributed by atoms with Gasteiger partial charge in [-0.3, -0.25) is 4.90 Å². The summed E-state index contributed by atoms with van der Waals surface area (Å²) < 4.78 is 5.34. The summed E-state index contributed by atoms with van der Waals surface area (Å²) in [5, 5.41) is 9.71. The van der Waals surface area contributed by atoms with E-state index in [0.29, 0.717) is 5.92 Å². The predicted octanol–water partition coefficient (Wildman–Crippen LogP) is 3.91. The number of likely N-dealkylation sites (N-methyl/N-ethyl adjacent to an activating group) is 1. The number of carboxylic acids is 1. The number of amides is 1. The van der Waals surface area contributed by atoms with Gasteiger partial charge in [0.1, 0.15) is 11.6 Å². The van der Waals surface area contributed by atoms with E-state index in [-0.39, 0.29) is 0 Å². The van der Waals surface area contributed by atoms with Crippen LogP contribution in [0.5, 0.6) is 0 Å². The van der Waals surface area contributed by atoms with Crippen molar-refractivity contribution in [1.29, 1.82) is 0 Å². The van der Waals surface area contributed by atoms with Gasteiger partial charge in [0.05, 0.1) is 0 Å². The molecule has 5 nitrogen and oxygen atoms in total. The highest BCUT2D eigenvalue weighted by Crippen LogP contribution is 2.42. The van der Waals surface area contributed by atoms with Crippen molar-refractivity contribution in [1.82, 2.24) is 4.90 Å². The third-order valence-electron chi connectivity index (χ3n) is 4.66. The summed E-state index contributed by atoms with van der Waals surface area (Å²) in [6.45, 7) is 9.26. The monoisotopic (exact) mass is 313 g/mol. The maximum atomic E-state index is 12.3. The number of rotatable bonds is 4. The molecule has 0 aromatic rings. The van der Waals surface area contributed by atoms with Crippen LogP contribution in [0.15, 0.2) is 0 Å². The lowest BCUT2D eigenvalue weighted by Gasteiger charge is -2.44. The normalized spacial score (nSPS) is 18.6. The Hall–Kier alpha value is -1.26. The molecule has 1 rings (SSSR count). The topological polar surface area (TPSA) is 66.8 Å². The first-order valence-electron chi connectivity index (χ1n) is 8.15. The Balaban J connectivity index is 2.96. The first-order chi connectivity index (χ1) is 9.97. The molecule has 1 saturated carbocycles. The fraction of sp³-hybridized carbons (Fsp3) is 0.882. The van der Waals surface area contributed by atoms with Crippen molar-refractivity contribution >= 4 is 12.1 Å². The fourth-order valence-electron chi connectivity index (χ4n) is 3.49. The number of hydrogen-bond donors (Lipinski definition) is 1. The third-order valence-corrected chi connectivity index (χ3v) is 4.66. The fourth-order valence-corrected chi connectivity index (χ4v) is 3.49. The van der Waals surface area contributed by atoms with Crippen molar-refractivity contribution in [3.63, 3.8) is 0 Å². The van der Waals surface area contributed by atoms with Gasteiger partial charge >= 0.3 is 12.1 Å². The lowest BCUT2D eigenvalue weighted by molar-refractivity contribution is -0.149. The van der Waals surface area contributed by atoms with Gasteiger partial charge in [-0.15, -0.1) is 0 Å². The van der Waals surface area contributed by atoms with Crippen LogP contribution in [0.4, 0.5) is 4.79 Å². The SMILES string of the molecule is CN(C(=O)OC(C)(C)C)C(C(=O)O)C(C)(C)C1CCCCC1. The van der Waals surface area contributed by atoms with Crippen molar-refractivity contribution in [3.05, 3.63) is 0 Å².